The number of nitrogens with zero attached hydrogens (tertiary/aromatic N) is 3. The second kappa shape index (κ2) is 3.79. The lowest BCUT2D eigenvalue weighted by atomic mass is 10.4. The molecule has 4 nitrogen and oxygen atoms in total. The van der Waals surface area contributed by atoms with Crippen molar-refractivity contribution in [3.63, 3.8) is 0 Å². The molecule has 1 saturated heterocycles. The third kappa shape index (κ3) is 1.83. The molecule has 1 N–H and O–H groups in total. The molecular weight excluding hydrogens is 166 g/mol. The summed E-state index contributed by atoms with van der Waals surface area (Å²) in [6.45, 7) is 3.06. The normalized spacial score (nSPS) is 16.8. The van der Waals surface area contributed by atoms with Crippen molar-refractivity contribution in [2.24, 2.45) is 0 Å². The lowest BCUT2D eigenvalue weighted by molar-refractivity contribution is 0.276. The van der Waals surface area contributed by atoms with Gasteiger partial charge in [0.2, 0.25) is 0 Å². The fourth-order valence-corrected chi connectivity index (χ4v) is 1.70. The number of rotatable bonds is 3. The largest absolute Gasteiger partial charge is 0.395 e. The van der Waals surface area contributed by atoms with Crippen LogP contribution in [0.15, 0.2) is 12.5 Å². The maximum atomic E-state index is 8.73. The van der Waals surface area contributed by atoms with Crippen LogP contribution in [0.2, 0.25) is 0 Å². The Balaban J connectivity index is 2.03. The van der Waals surface area contributed by atoms with E-state index in [4.69, 9.17) is 5.11 Å². The summed E-state index contributed by atoms with van der Waals surface area (Å²) >= 11 is 0. The minimum Gasteiger partial charge on any atom is -0.395 e. The van der Waals surface area contributed by atoms with E-state index in [0.29, 0.717) is 6.54 Å². The molecule has 0 atom stereocenters. The molecule has 1 fully saturated rings. The van der Waals surface area contributed by atoms with Gasteiger partial charge in [-0.25, -0.2) is 4.98 Å². The van der Waals surface area contributed by atoms with Crippen molar-refractivity contribution < 1.29 is 5.11 Å². The smallest absolute Gasteiger partial charge is 0.146 e. The second-order valence-electron chi connectivity index (χ2n) is 3.39. The van der Waals surface area contributed by atoms with Crippen LogP contribution < -0.4 is 4.90 Å². The summed E-state index contributed by atoms with van der Waals surface area (Å²) in [6.07, 6.45) is 6.32. The Morgan fingerprint density at radius 2 is 2.15 bits per heavy atom. The molecule has 0 radical (unpaired) electrons. The lowest BCUT2D eigenvalue weighted by Crippen LogP contribution is -2.17. The summed E-state index contributed by atoms with van der Waals surface area (Å²) in [7, 11) is 0. The molecule has 1 aliphatic rings. The molecule has 0 amide bonds. The third-order valence-electron chi connectivity index (χ3n) is 2.41. The average Bonchev–Trinajstić information content (AvgIpc) is 2.70. The van der Waals surface area contributed by atoms with Gasteiger partial charge in [0.25, 0.3) is 0 Å². The molecule has 0 bridgehead atoms. The first-order chi connectivity index (χ1) is 6.40. The Labute approximate surface area is 77.8 Å². The highest BCUT2D eigenvalue weighted by Gasteiger charge is 2.13. The molecule has 0 aliphatic carbocycles. The molecule has 72 valence electrons. The number of aliphatic hydroxyl groups excluding tert-OH is 1. The molecule has 2 rings (SSSR count). The van der Waals surface area contributed by atoms with E-state index < -0.39 is 0 Å². The Bertz CT molecular complexity index is 266. The van der Waals surface area contributed by atoms with Gasteiger partial charge in [-0.2, -0.15) is 0 Å². The zero-order chi connectivity index (χ0) is 9.10. The van der Waals surface area contributed by atoms with Crippen molar-refractivity contribution in [3.8, 4) is 0 Å². The molecule has 1 aromatic heterocycles. The number of imidazole rings is 1. The monoisotopic (exact) mass is 181 g/mol. The zero-order valence-electron chi connectivity index (χ0n) is 7.69. The summed E-state index contributed by atoms with van der Waals surface area (Å²) < 4.78 is 1.92. The van der Waals surface area contributed by atoms with Gasteiger partial charge in [-0.1, -0.05) is 0 Å². The minimum atomic E-state index is 0.176. The highest BCUT2D eigenvalue weighted by Crippen LogP contribution is 2.16. The highest BCUT2D eigenvalue weighted by atomic mass is 16.3. The van der Waals surface area contributed by atoms with Gasteiger partial charge >= 0.3 is 0 Å². The van der Waals surface area contributed by atoms with Crippen LogP contribution >= 0.6 is 0 Å². The van der Waals surface area contributed by atoms with Crippen LogP contribution in [0.25, 0.3) is 0 Å². The third-order valence-corrected chi connectivity index (χ3v) is 2.41. The molecule has 0 saturated carbocycles. The molecule has 1 aliphatic heterocycles. The van der Waals surface area contributed by atoms with E-state index in [2.05, 4.69) is 9.88 Å². The van der Waals surface area contributed by atoms with Crippen LogP contribution in [-0.2, 0) is 6.54 Å². The molecule has 1 aromatic rings. The molecule has 0 unspecified atom stereocenters. The van der Waals surface area contributed by atoms with Crippen LogP contribution in [-0.4, -0.2) is 34.4 Å². The van der Waals surface area contributed by atoms with E-state index in [1.165, 1.54) is 12.8 Å². The van der Waals surface area contributed by atoms with Crippen LogP contribution in [0.3, 0.4) is 0 Å². The molecule has 4 heteroatoms. The Hall–Kier alpha value is -1.03. The molecule has 0 aromatic carbocycles. The predicted molar refractivity (Wildman–Crippen MR) is 50.8 cm³/mol. The first kappa shape index (κ1) is 8.56. The molecule has 0 spiro atoms. The van der Waals surface area contributed by atoms with E-state index in [-0.39, 0.29) is 6.61 Å². The van der Waals surface area contributed by atoms with Crippen molar-refractivity contribution in [1.29, 1.82) is 0 Å². The summed E-state index contributed by atoms with van der Waals surface area (Å²) in [6, 6.07) is 0. The van der Waals surface area contributed by atoms with Gasteiger partial charge in [-0.05, 0) is 12.8 Å². The van der Waals surface area contributed by atoms with Gasteiger partial charge < -0.3 is 14.6 Å². The Morgan fingerprint density at radius 1 is 1.38 bits per heavy atom. The Morgan fingerprint density at radius 3 is 2.85 bits per heavy atom. The van der Waals surface area contributed by atoms with Gasteiger partial charge in [0, 0.05) is 25.8 Å². The number of aliphatic hydroxyl groups is 1. The number of anilines is 1. The van der Waals surface area contributed by atoms with Crippen molar-refractivity contribution in [2.45, 2.75) is 19.4 Å². The van der Waals surface area contributed by atoms with Gasteiger partial charge in [-0.15, -0.1) is 0 Å². The molecule has 13 heavy (non-hydrogen) atoms. The van der Waals surface area contributed by atoms with Crippen LogP contribution in [0.1, 0.15) is 12.8 Å². The lowest BCUT2D eigenvalue weighted by Gasteiger charge is -2.12. The highest BCUT2D eigenvalue weighted by molar-refractivity contribution is 5.36. The quantitative estimate of drug-likeness (QED) is 0.737. The van der Waals surface area contributed by atoms with E-state index in [1.807, 2.05) is 10.8 Å². The number of hydrogen-bond acceptors (Lipinski definition) is 3. The second-order valence-corrected chi connectivity index (χ2v) is 3.39. The summed E-state index contributed by atoms with van der Waals surface area (Å²) in [4.78, 5) is 6.58. The minimum absolute atomic E-state index is 0.176. The summed E-state index contributed by atoms with van der Waals surface area (Å²) in [5.41, 5.74) is 0. The van der Waals surface area contributed by atoms with Crippen molar-refractivity contribution in [3.05, 3.63) is 12.5 Å². The Kier molecular flexibility index (Phi) is 2.49. The number of hydrogen-bond donors (Lipinski definition) is 1. The van der Waals surface area contributed by atoms with Crippen molar-refractivity contribution in [1.82, 2.24) is 9.55 Å². The van der Waals surface area contributed by atoms with Gasteiger partial charge in [0.05, 0.1) is 12.9 Å². The fourth-order valence-electron chi connectivity index (χ4n) is 1.70. The van der Waals surface area contributed by atoms with Gasteiger partial charge in [0.1, 0.15) is 5.82 Å². The topological polar surface area (TPSA) is 41.3 Å². The molecular formula is C9H15N3O. The van der Waals surface area contributed by atoms with Gasteiger partial charge in [-0.3, -0.25) is 0 Å². The SMILES string of the molecule is OCCn1cnc(N2CCCC2)c1. The van der Waals surface area contributed by atoms with Crippen molar-refractivity contribution in [2.75, 3.05) is 24.6 Å². The maximum Gasteiger partial charge on any atom is 0.146 e. The van der Waals surface area contributed by atoms with Crippen molar-refractivity contribution >= 4 is 5.82 Å². The van der Waals surface area contributed by atoms with E-state index in [0.717, 1.165) is 18.9 Å². The summed E-state index contributed by atoms with van der Waals surface area (Å²) in [5.74, 6) is 1.05. The average molecular weight is 181 g/mol. The predicted octanol–water partition coefficient (Wildman–Crippen LogP) is 0.476. The van der Waals surface area contributed by atoms with E-state index >= 15 is 0 Å². The van der Waals surface area contributed by atoms with Crippen LogP contribution in [0.5, 0.6) is 0 Å². The molecule has 2 heterocycles. The van der Waals surface area contributed by atoms with Gasteiger partial charge in [0.15, 0.2) is 0 Å². The number of aromatic nitrogens is 2. The summed E-state index contributed by atoms with van der Waals surface area (Å²) in [5, 5.41) is 8.73. The van der Waals surface area contributed by atoms with Crippen LogP contribution in [0.4, 0.5) is 5.82 Å². The first-order valence-corrected chi connectivity index (χ1v) is 4.78. The fraction of sp³-hybridized carbons (Fsp3) is 0.667. The van der Waals surface area contributed by atoms with E-state index in [1.54, 1.807) is 6.33 Å². The maximum absolute atomic E-state index is 8.73. The van der Waals surface area contributed by atoms with E-state index in [9.17, 15) is 0 Å². The first-order valence-electron chi connectivity index (χ1n) is 4.78. The zero-order valence-corrected chi connectivity index (χ0v) is 7.69. The van der Waals surface area contributed by atoms with Crippen LogP contribution in [0, 0.1) is 0 Å². The standard InChI is InChI=1S/C9H15N3O/c13-6-5-11-7-9(10-8-11)12-3-1-2-4-12/h7-8,13H,1-6H2.